The number of esters is 1. The Balaban J connectivity index is 1.65. The summed E-state index contributed by atoms with van der Waals surface area (Å²) in [6, 6.07) is 5.07. The van der Waals surface area contributed by atoms with Crippen LogP contribution in [0.25, 0.3) is 0 Å². The van der Waals surface area contributed by atoms with Crippen molar-refractivity contribution in [3.63, 3.8) is 0 Å². The number of carbonyl (C=O) groups is 4. The van der Waals surface area contributed by atoms with Crippen molar-refractivity contribution >= 4 is 35.5 Å². The summed E-state index contributed by atoms with van der Waals surface area (Å²) in [5, 5.41) is -0.118. The van der Waals surface area contributed by atoms with E-state index in [9.17, 15) is 19.2 Å². The maximum atomic E-state index is 13.3. The number of ether oxygens (including phenoxy) is 1. The Morgan fingerprint density at radius 2 is 1.81 bits per heavy atom. The van der Waals surface area contributed by atoms with Crippen LogP contribution in [0.1, 0.15) is 46.9 Å². The van der Waals surface area contributed by atoms with E-state index in [1.807, 2.05) is 0 Å². The van der Waals surface area contributed by atoms with Crippen LogP contribution >= 0.6 is 11.8 Å². The second-order valence-corrected chi connectivity index (χ2v) is 7.98. The Morgan fingerprint density at radius 3 is 2.44 bits per heavy atom. The summed E-state index contributed by atoms with van der Waals surface area (Å²) < 4.78 is 5.12. The Hall–Kier alpha value is -2.35. The lowest BCUT2D eigenvalue weighted by Gasteiger charge is -2.31. The minimum atomic E-state index is -0.877. The SMILES string of the molecule is CCOC(=O)C1CSC2CCCC(N3C(=O)c4ccccc4C3=O)C(=O)N21. The molecule has 4 rings (SSSR count). The molecule has 8 heteroatoms. The van der Waals surface area contributed by atoms with Gasteiger partial charge < -0.3 is 9.64 Å². The number of rotatable bonds is 3. The lowest BCUT2D eigenvalue weighted by molar-refractivity contribution is -0.154. The fourth-order valence-corrected chi connectivity index (χ4v) is 5.46. The van der Waals surface area contributed by atoms with Crippen LogP contribution < -0.4 is 0 Å². The van der Waals surface area contributed by atoms with Crippen molar-refractivity contribution in [2.45, 2.75) is 43.6 Å². The maximum absolute atomic E-state index is 13.3. The highest BCUT2D eigenvalue weighted by molar-refractivity contribution is 8.00. The van der Waals surface area contributed by atoms with Crippen LogP contribution in [0, 0.1) is 0 Å². The van der Waals surface area contributed by atoms with Crippen molar-refractivity contribution in [3.05, 3.63) is 35.4 Å². The first-order valence-electron chi connectivity index (χ1n) is 9.12. The molecule has 3 aliphatic heterocycles. The number of hydrogen-bond acceptors (Lipinski definition) is 6. The van der Waals surface area contributed by atoms with Gasteiger partial charge in [-0.05, 0) is 38.3 Å². The van der Waals surface area contributed by atoms with Crippen LogP contribution in [0.4, 0.5) is 0 Å². The van der Waals surface area contributed by atoms with Crippen LogP contribution in [0.5, 0.6) is 0 Å². The van der Waals surface area contributed by atoms with Crippen molar-refractivity contribution in [3.8, 4) is 0 Å². The third kappa shape index (κ3) is 2.82. The molecule has 1 aromatic rings. The lowest BCUT2D eigenvalue weighted by atomic mass is 10.1. The first kappa shape index (κ1) is 18.0. The largest absolute Gasteiger partial charge is 0.464 e. The molecular weight excluding hydrogens is 368 g/mol. The lowest BCUT2D eigenvalue weighted by Crippen LogP contribution is -2.54. The fraction of sp³-hybridized carbons (Fsp3) is 0.474. The predicted octanol–water partition coefficient (Wildman–Crippen LogP) is 1.67. The van der Waals surface area contributed by atoms with Crippen LogP contribution in [0.15, 0.2) is 24.3 Å². The van der Waals surface area contributed by atoms with Gasteiger partial charge in [-0.1, -0.05) is 12.1 Å². The zero-order chi connectivity index (χ0) is 19.1. The number of thioether (sulfide) groups is 1. The molecule has 2 saturated heterocycles. The molecule has 0 saturated carbocycles. The fourth-order valence-electron chi connectivity index (χ4n) is 4.01. The molecule has 3 heterocycles. The van der Waals surface area contributed by atoms with Crippen molar-refractivity contribution in [1.82, 2.24) is 9.80 Å². The van der Waals surface area contributed by atoms with Crippen LogP contribution in [0.3, 0.4) is 0 Å². The molecule has 3 aliphatic rings. The first-order valence-corrected chi connectivity index (χ1v) is 10.2. The molecular formula is C19H20N2O5S. The van der Waals surface area contributed by atoms with E-state index >= 15 is 0 Å². The van der Waals surface area contributed by atoms with Crippen molar-refractivity contribution in [1.29, 1.82) is 0 Å². The van der Waals surface area contributed by atoms with E-state index < -0.39 is 29.9 Å². The first-order chi connectivity index (χ1) is 13.0. The second kappa shape index (κ2) is 6.99. The van der Waals surface area contributed by atoms with Gasteiger partial charge in [0.05, 0.1) is 23.1 Å². The van der Waals surface area contributed by atoms with E-state index in [0.29, 0.717) is 29.7 Å². The van der Waals surface area contributed by atoms with Gasteiger partial charge in [0.15, 0.2) is 0 Å². The summed E-state index contributed by atoms with van der Waals surface area (Å²) in [5.74, 6) is -1.16. The molecule has 3 atom stereocenters. The molecule has 0 radical (unpaired) electrons. The van der Waals surface area contributed by atoms with E-state index in [0.717, 1.165) is 11.3 Å². The molecule has 3 unspecified atom stereocenters. The molecule has 0 N–H and O–H groups in total. The summed E-state index contributed by atoms with van der Waals surface area (Å²) in [6.45, 7) is 1.97. The summed E-state index contributed by atoms with van der Waals surface area (Å²) in [7, 11) is 0. The maximum Gasteiger partial charge on any atom is 0.329 e. The smallest absolute Gasteiger partial charge is 0.329 e. The van der Waals surface area contributed by atoms with Gasteiger partial charge in [0, 0.05) is 5.75 Å². The standard InChI is InChI=1S/C19H20N2O5S/c1-2-26-19(25)14-10-27-15-9-5-8-13(18(24)20(14)15)21-16(22)11-6-3-4-7-12(11)17(21)23/h3-4,6-7,13-15H,2,5,8-10H2,1H3. The van der Waals surface area contributed by atoms with Gasteiger partial charge in [-0.2, -0.15) is 0 Å². The zero-order valence-corrected chi connectivity index (χ0v) is 15.7. The van der Waals surface area contributed by atoms with Crippen LogP contribution in [0.2, 0.25) is 0 Å². The molecule has 1 aromatic carbocycles. The molecule has 2 fully saturated rings. The van der Waals surface area contributed by atoms with Crippen LogP contribution in [-0.4, -0.2) is 63.3 Å². The summed E-state index contributed by atoms with van der Waals surface area (Å²) >= 11 is 1.56. The summed E-state index contributed by atoms with van der Waals surface area (Å²) in [4.78, 5) is 53.9. The van der Waals surface area contributed by atoms with Gasteiger partial charge >= 0.3 is 5.97 Å². The quantitative estimate of drug-likeness (QED) is 0.579. The number of amides is 3. The summed E-state index contributed by atoms with van der Waals surface area (Å²) in [6.07, 6.45) is 1.84. The van der Waals surface area contributed by atoms with E-state index in [2.05, 4.69) is 0 Å². The topological polar surface area (TPSA) is 84.0 Å². The third-order valence-corrected chi connectivity index (χ3v) is 6.61. The number of benzene rings is 1. The minimum absolute atomic E-state index is 0.118. The van der Waals surface area contributed by atoms with Crippen molar-refractivity contribution in [2.75, 3.05) is 12.4 Å². The molecule has 7 nitrogen and oxygen atoms in total. The average Bonchev–Trinajstić information content (AvgIpc) is 3.14. The van der Waals surface area contributed by atoms with Crippen LogP contribution in [-0.2, 0) is 14.3 Å². The molecule has 0 spiro atoms. The third-order valence-electron chi connectivity index (χ3n) is 5.26. The highest BCUT2D eigenvalue weighted by atomic mass is 32.2. The van der Waals surface area contributed by atoms with Gasteiger partial charge in [-0.25, -0.2) is 4.79 Å². The minimum Gasteiger partial charge on any atom is -0.464 e. The molecule has 3 amide bonds. The Kier molecular flexibility index (Phi) is 4.67. The molecule has 0 aromatic heterocycles. The van der Waals surface area contributed by atoms with E-state index in [1.165, 1.54) is 0 Å². The molecule has 27 heavy (non-hydrogen) atoms. The van der Waals surface area contributed by atoms with E-state index in [-0.39, 0.29) is 17.9 Å². The second-order valence-electron chi connectivity index (χ2n) is 6.77. The molecule has 0 bridgehead atoms. The number of carbonyl (C=O) groups excluding carboxylic acids is 4. The van der Waals surface area contributed by atoms with Crippen molar-refractivity contribution < 1.29 is 23.9 Å². The molecule has 142 valence electrons. The van der Waals surface area contributed by atoms with Gasteiger partial charge in [-0.15, -0.1) is 11.8 Å². The Morgan fingerprint density at radius 1 is 1.15 bits per heavy atom. The Bertz CT molecular complexity index is 791. The number of fused-ring (bicyclic) bond motifs is 2. The van der Waals surface area contributed by atoms with E-state index in [1.54, 1.807) is 47.9 Å². The molecule has 0 aliphatic carbocycles. The van der Waals surface area contributed by atoms with E-state index in [4.69, 9.17) is 4.74 Å². The van der Waals surface area contributed by atoms with Gasteiger partial charge in [0.25, 0.3) is 11.8 Å². The van der Waals surface area contributed by atoms with Gasteiger partial charge in [0.1, 0.15) is 12.1 Å². The van der Waals surface area contributed by atoms with Gasteiger partial charge in [0.2, 0.25) is 5.91 Å². The summed E-state index contributed by atoms with van der Waals surface area (Å²) in [5.41, 5.74) is 0.655. The number of nitrogens with zero attached hydrogens (tertiary/aromatic N) is 2. The number of imide groups is 1. The zero-order valence-electron chi connectivity index (χ0n) is 14.9. The predicted molar refractivity (Wildman–Crippen MR) is 98.1 cm³/mol. The highest BCUT2D eigenvalue weighted by Gasteiger charge is 2.50. The monoisotopic (exact) mass is 388 g/mol. The van der Waals surface area contributed by atoms with Gasteiger partial charge in [-0.3, -0.25) is 19.3 Å². The Labute approximate surface area is 161 Å². The normalized spacial score (nSPS) is 27.4. The average molecular weight is 388 g/mol. The van der Waals surface area contributed by atoms with Crippen molar-refractivity contribution in [2.24, 2.45) is 0 Å². The highest BCUT2D eigenvalue weighted by Crippen LogP contribution is 2.38. The number of hydrogen-bond donors (Lipinski definition) is 0.